The monoisotopic (exact) mass is 248 g/mol. The average molecular weight is 248 g/mol. The van der Waals surface area contributed by atoms with E-state index in [0.717, 1.165) is 31.0 Å². The maximum absolute atomic E-state index is 10.2. The van der Waals surface area contributed by atoms with Gasteiger partial charge in [-0.25, -0.2) is 0 Å². The molecule has 0 bridgehead atoms. The molecule has 2 atom stereocenters. The Hall–Kier alpha value is 0.370. The number of aldehydes is 1. The molecule has 0 aromatic rings. The fourth-order valence-corrected chi connectivity index (χ4v) is 3.58. The number of carbonyl (C=O) groups excluding carboxylic acids is 1. The van der Waals surface area contributed by atoms with Crippen molar-refractivity contribution >= 4 is 27.9 Å². The molecule has 0 spiro atoms. The Morgan fingerprint density at radius 1 is 1.33 bits per heavy atom. The summed E-state index contributed by atoms with van der Waals surface area (Å²) < 4.78 is 0. The lowest BCUT2D eigenvalue weighted by atomic mass is 9.89. The van der Waals surface area contributed by atoms with Crippen molar-refractivity contribution in [2.24, 2.45) is 11.8 Å². The molecule has 0 aliphatic rings. The lowest BCUT2D eigenvalue weighted by Crippen LogP contribution is -2.13. The molecule has 0 aliphatic carbocycles. The summed E-state index contributed by atoms with van der Waals surface area (Å²) in [5.41, 5.74) is 0. The molecule has 0 rings (SSSR count). The maximum atomic E-state index is 10.2. The largest absolute Gasteiger partial charge is 0.303 e. The Kier molecular flexibility index (Phi) is 11.1. The van der Waals surface area contributed by atoms with Crippen LogP contribution in [0.5, 0.6) is 0 Å². The van der Waals surface area contributed by atoms with E-state index in [1.165, 1.54) is 25.0 Å². The summed E-state index contributed by atoms with van der Waals surface area (Å²) in [5, 5.41) is 0. The number of carbonyl (C=O) groups is 1. The highest BCUT2D eigenvalue weighted by Gasteiger charge is 2.14. The fourth-order valence-electron chi connectivity index (χ4n) is 1.77. The summed E-state index contributed by atoms with van der Waals surface area (Å²) in [6.45, 7) is 4.64. The lowest BCUT2D eigenvalue weighted by Gasteiger charge is -2.21. The van der Waals surface area contributed by atoms with Gasteiger partial charge < -0.3 is 4.79 Å². The topological polar surface area (TPSA) is 17.1 Å². The molecule has 90 valence electrons. The standard InChI is InChI=1S/C12H24OS2/c1-4-12(10-15-14-3)11(2)8-6-5-7-9-13/h9,11-12H,4-8,10H2,1-3H3/t11-,12?/m0/s1. The molecule has 0 saturated heterocycles. The average Bonchev–Trinajstić information content (AvgIpc) is 2.25. The first kappa shape index (κ1) is 15.4. The van der Waals surface area contributed by atoms with Crippen molar-refractivity contribution in [2.75, 3.05) is 12.0 Å². The van der Waals surface area contributed by atoms with Gasteiger partial charge in [0.1, 0.15) is 6.29 Å². The van der Waals surface area contributed by atoms with Gasteiger partial charge in [-0.1, -0.05) is 54.7 Å². The van der Waals surface area contributed by atoms with E-state index in [1.54, 1.807) is 0 Å². The summed E-state index contributed by atoms with van der Waals surface area (Å²) in [4.78, 5) is 10.2. The maximum Gasteiger partial charge on any atom is 0.119 e. The predicted octanol–water partition coefficient (Wildman–Crippen LogP) is 4.42. The molecule has 15 heavy (non-hydrogen) atoms. The Bertz CT molecular complexity index is 151. The second-order valence-corrected chi connectivity index (χ2v) is 6.66. The lowest BCUT2D eigenvalue weighted by molar-refractivity contribution is -0.107. The molecule has 1 nitrogen and oxygen atoms in total. The molecule has 0 aromatic carbocycles. The van der Waals surface area contributed by atoms with Crippen molar-refractivity contribution in [2.45, 2.75) is 46.0 Å². The molecule has 0 amide bonds. The quantitative estimate of drug-likeness (QED) is 0.324. The first-order valence-electron chi connectivity index (χ1n) is 5.85. The van der Waals surface area contributed by atoms with Crippen LogP contribution in [0.4, 0.5) is 0 Å². The van der Waals surface area contributed by atoms with Crippen LogP contribution < -0.4 is 0 Å². The predicted molar refractivity (Wildman–Crippen MR) is 73.5 cm³/mol. The van der Waals surface area contributed by atoms with Crippen LogP contribution in [0.1, 0.15) is 46.0 Å². The third kappa shape index (κ3) is 8.21. The van der Waals surface area contributed by atoms with Crippen LogP contribution >= 0.6 is 21.6 Å². The summed E-state index contributed by atoms with van der Waals surface area (Å²) in [7, 11) is 3.84. The zero-order valence-corrected chi connectivity index (χ0v) is 11.8. The molecule has 0 aromatic heterocycles. The van der Waals surface area contributed by atoms with Crippen LogP contribution in [0.25, 0.3) is 0 Å². The van der Waals surface area contributed by atoms with E-state index in [4.69, 9.17) is 0 Å². The fraction of sp³-hybridized carbons (Fsp3) is 0.917. The van der Waals surface area contributed by atoms with E-state index in [-0.39, 0.29) is 0 Å². The van der Waals surface area contributed by atoms with E-state index < -0.39 is 0 Å². The normalized spacial score (nSPS) is 14.9. The minimum Gasteiger partial charge on any atom is -0.303 e. The van der Waals surface area contributed by atoms with E-state index >= 15 is 0 Å². The molecule has 0 aliphatic heterocycles. The molecule has 1 unspecified atom stereocenters. The number of unbranched alkanes of at least 4 members (excludes halogenated alkanes) is 2. The minimum atomic E-state index is 0.739. The summed E-state index contributed by atoms with van der Waals surface area (Å²) in [6.07, 6.45) is 8.75. The van der Waals surface area contributed by atoms with Crippen molar-refractivity contribution in [3.8, 4) is 0 Å². The zero-order chi connectivity index (χ0) is 11.5. The molecule has 0 N–H and O–H groups in total. The molecule has 0 fully saturated rings. The zero-order valence-electron chi connectivity index (χ0n) is 10.2. The molecular weight excluding hydrogens is 224 g/mol. The van der Waals surface area contributed by atoms with Crippen LogP contribution in [-0.4, -0.2) is 18.3 Å². The van der Waals surface area contributed by atoms with Gasteiger partial charge in [-0.05, 0) is 24.5 Å². The Morgan fingerprint density at radius 2 is 2.07 bits per heavy atom. The first-order chi connectivity index (χ1) is 7.26. The van der Waals surface area contributed by atoms with E-state index in [9.17, 15) is 4.79 Å². The van der Waals surface area contributed by atoms with Gasteiger partial charge in [0.15, 0.2) is 0 Å². The van der Waals surface area contributed by atoms with Gasteiger partial charge in [-0.3, -0.25) is 0 Å². The van der Waals surface area contributed by atoms with E-state index in [2.05, 4.69) is 20.1 Å². The van der Waals surface area contributed by atoms with Gasteiger partial charge in [-0.15, -0.1) is 0 Å². The van der Waals surface area contributed by atoms with Gasteiger partial charge in [0.05, 0.1) is 0 Å². The second kappa shape index (κ2) is 10.9. The third-order valence-electron chi connectivity index (χ3n) is 2.96. The van der Waals surface area contributed by atoms with Gasteiger partial charge in [0.2, 0.25) is 0 Å². The van der Waals surface area contributed by atoms with Crippen molar-refractivity contribution < 1.29 is 4.79 Å². The number of hydrogen-bond acceptors (Lipinski definition) is 3. The highest BCUT2D eigenvalue weighted by molar-refractivity contribution is 8.76. The smallest absolute Gasteiger partial charge is 0.119 e. The second-order valence-electron chi connectivity index (χ2n) is 4.05. The summed E-state index contributed by atoms with van der Waals surface area (Å²) in [6, 6.07) is 0. The Labute approximate surface area is 103 Å². The van der Waals surface area contributed by atoms with Crippen LogP contribution in [0, 0.1) is 11.8 Å². The third-order valence-corrected chi connectivity index (χ3v) is 4.88. The van der Waals surface area contributed by atoms with Crippen molar-refractivity contribution in [1.82, 2.24) is 0 Å². The van der Waals surface area contributed by atoms with Crippen LogP contribution in [0.15, 0.2) is 0 Å². The van der Waals surface area contributed by atoms with Crippen molar-refractivity contribution in [1.29, 1.82) is 0 Å². The van der Waals surface area contributed by atoms with Gasteiger partial charge in [0, 0.05) is 12.2 Å². The van der Waals surface area contributed by atoms with Crippen LogP contribution in [0.3, 0.4) is 0 Å². The Balaban J connectivity index is 3.62. The van der Waals surface area contributed by atoms with E-state index in [1.807, 2.05) is 21.6 Å². The number of rotatable bonds is 10. The van der Waals surface area contributed by atoms with Gasteiger partial charge >= 0.3 is 0 Å². The van der Waals surface area contributed by atoms with Gasteiger partial charge in [-0.2, -0.15) is 0 Å². The molecule has 3 heteroatoms. The SMILES string of the molecule is CCC(CSSC)[C@@H](C)CCCCC=O. The van der Waals surface area contributed by atoms with Crippen molar-refractivity contribution in [3.63, 3.8) is 0 Å². The summed E-state index contributed by atoms with van der Waals surface area (Å²) in [5.74, 6) is 2.92. The van der Waals surface area contributed by atoms with Crippen LogP contribution in [0.2, 0.25) is 0 Å². The molecular formula is C12H24OS2. The highest BCUT2D eigenvalue weighted by Crippen LogP contribution is 2.29. The molecule has 0 radical (unpaired) electrons. The van der Waals surface area contributed by atoms with E-state index in [0.29, 0.717) is 0 Å². The minimum absolute atomic E-state index is 0.739. The van der Waals surface area contributed by atoms with Crippen molar-refractivity contribution in [3.05, 3.63) is 0 Å². The molecule has 0 heterocycles. The molecule has 0 saturated carbocycles. The number of hydrogen-bond donors (Lipinski definition) is 0. The summed E-state index contributed by atoms with van der Waals surface area (Å²) >= 11 is 0. The highest BCUT2D eigenvalue weighted by atomic mass is 33.1. The Morgan fingerprint density at radius 3 is 2.60 bits per heavy atom. The van der Waals surface area contributed by atoms with Crippen LogP contribution in [-0.2, 0) is 4.79 Å². The van der Waals surface area contributed by atoms with Gasteiger partial charge in [0.25, 0.3) is 0 Å². The first-order valence-corrected chi connectivity index (χ1v) is 8.58.